The molecule has 0 fully saturated rings. The van der Waals surface area contributed by atoms with Gasteiger partial charge in [0.2, 0.25) is 0 Å². The molecule has 128 valence electrons. The zero-order valence-electron chi connectivity index (χ0n) is 13.8. The van der Waals surface area contributed by atoms with Crippen LogP contribution in [0, 0.1) is 6.92 Å². The van der Waals surface area contributed by atoms with Crippen molar-refractivity contribution in [2.45, 2.75) is 17.6 Å². The SMILES string of the molecule is Cc1ccc(SCCNC(=O)c2ccc(CS(C)(=O)=O)cc2)cc1. The number of rotatable bonds is 7. The Morgan fingerprint density at radius 1 is 1.04 bits per heavy atom. The van der Waals surface area contributed by atoms with Gasteiger partial charge >= 0.3 is 0 Å². The average Bonchev–Trinajstić information content (AvgIpc) is 2.52. The molecule has 1 N–H and O–H groups in total. The number of aryl methyl sites for hydroxylation is 1. The third kappa shape index (κ3) is 6.37. The fourth-order valence-electron chi connectivity index (χ4n) is 2.13. The number of hydrogen-bond donors (Lipinski definition) is 1. The Labute approximate surface area is 147 Å². The van der Waals surface area contributed by atoms with Crippen LogP contribution in [0.25, 0.3) is 0 Å². The predicted molar refractivity (Wildman–Crippen MR) is 99.2 cm³/mol. The number of sulfone groups is 1. The van der Waals surface area contributed by atoms with Crippen LogP contribution in [0.4, 0.5) is 0 Å². The molecule has 0 saturated carbocycles. The Hall–Kier alpha value is -1.79. The van der Waals surface area contributed by atoms with Crippen molar-refractivity contribution < 1.29 is 13.2 Å². The molecular formula is C18H21NO3S2. The van der Waals surface area contributed by atoms with Gasteiger partial charge < -0.3 is 5.32 Å². The summed E-state index contributed by atoms with van der Waals surface area (Å²) in [5.74, 6) is 0.633. The Morgan fingerprint density at radius 3 is 2.25 bits per heavy atom. The summed E-state index contributed by atoms with van der Waals surface area (Å²) < 4.78 is 22.5. The van der Waals surface area contributed by atoms with Crippen LogP contribution in [-0.4, -0.2) is 32.9 Å². The molecule has 6 heteroatoms. The van der Waals surface area contributed by atoms with Crippen LogP contribution < -0.4 is 5.32 Å². The maximum Gasteiger partial charge on any atom is 0.251 e. The normalized spacial score (nSPS) is 11.2. The molecular weight excluding hydrogens is 342 g/mol. The first kappa shape index (κ1) is 18.5. The van der Waals surface area contributed by atoms with Gasteiger partial charge in [0, 0.05) is 29.0 Å². The third-order valence-electron chi connectivity index (χ3n) is 3.32. The molecule has 4 nitrogen and oxygen atoms in total. The van der Waals surface area contributed by atoms with Gasteiger partial charge in [0.05, 0.1) is 5.75 Å². The van der Waals surface area contributed by atoms with E-state index < -0.39 is 9.84 Å². The van der Waals surface area contributed by atoms with Crippen molar-refractivity contribution in [3.8, 4) is 0 Å². The molecule has 0 aromatic heterocycles. The molecule has 0 heterocycles. The standard InChI is InChI=1S/C18H21NO3S2/c1-14-3-9-17(10-4-14)23-12-11-19-18(20)16-7-5-15(6-8-16)13-24(2,21)22/h3-10H,11-13H2,1-2H3,(H,19,20). The first-order valence-corrected chi connectivity index (χ1v) is 10.6. The van der Waals surface area contributed by atoms with Crippen LogP contribution in [-0.2, 0) is 15.6 Å². The van der Waals surface area contributed by atoms with Gasteiger partial charge in [-0.2, -0.15) is 0 Å². The Kier molecular flexibility index (Phi) is 6.45. The smallest absolute Gasteiger partial charge is 0.251 e. The van der Waals surface area contributed by atoms with Crippen LogP contribution in [0.5, 0.6) is 0 Å². The molecule has 1 amide bonds. The van der Waals surface area contributed by atoms with Gasteiger partial charge in [0.15, 0.2) is 9.84 Å². The molecule has 0 unspecified atom stereocenters. The fourth-order valence-corrected chi connectivity index (χ4v) is 3.69. The van der Waals surface area contributed by atoms with Crippen molar-refractivity contribution in [1.82, 2.24) is 5.32 Å². The van der Waals surface area contributed by atoms with Crippen molar-refractivity contribution in [1.29, 1.82) is 0 Å². The predicted octanol–water partition coefficient (Wildman–Crippen LogP) is 3.06. The number of carbonyl (C=O) groups is 1. The third-order valence-corrected chi connectivity index (χ3v) is 5.19. The van der Waals surface area contributed by atoms with E-state index in [2.05, 4.69) is 36.5 Å². The summed E-state index contributed by atoms with van der Waals surface area (Å²) in [6, 6.07) is 14.9. The molecule has 0 saturated heterocycles. The molecule has 24 heavy (non-hydrogen) atoms. The number of amides is 1. The number of benzene rings is 2. The topological polar surface area (TPSA) is 63.2 Å². The van der Waals surface area contributed by atoms with Gasteiger partial charge in [-0.1, -0.05) is 29.8 Å². The monoisotopic (exact) mass is 363 g/mol. The van der Waals surface area contributed by atoms with Crippen molar-refractivity contribution in [3.63, 3.8) is 0 Å². The molecule has 0 aliphatic rings. The van der Waals surface area contributed by atoms with E-state index in [0.29, 0.717) is 17.7 Å². The summed E-state index contributed by atoms with van der Waals surface area (Å²) in [6.45, 7) is 2.62. The Bertz CT molecular complexity index is 782. The number of thioether (sulfide) groups is 1. The van der Waals surface area contributed by atoms with Gasteiger partial charge in [-0.25, -0.2) is 8.42 Å². The van der Waals surface area contributed by atoms with E-state index in [1.807, 2.05) is 0 Å². The van der Waals surface area contributed by atoms with Gasteiger partial charge in [-0.15, -0.1) is 11.8 Å². The lowest BCUT2D eigenvalue weighted by atomic mass is 10.1. The maximum absolute atomic E-state index is 12.1. The summed E-state index contributed by atoms with van der Waals surface area (Å²) in [5.41, 5.74) is 2.45. The van der Waals surface area contributed by atoms with Gasteiger partial charge in [-0.05, 0) is 36.8 Å². The lowest BCUT2D eigenvalue weighted by Crippen LogP contribution is -2.25. The molecule has 0 atom stereocenters. The van der Waals surface area contributed by atoms with Crippen LogP contribution in [0.15, 0.2) is 53.4 Å². The number of hydrogen-bond acceptors (Lipinski definition) is 4. The van der Waals surface area contributed by atoms with Crippen LogP contribution in [0.1, 0.15) is 21.5 Å². The zero-order chi connectivity index (χ0) is 17.6. The molecule has 0 aliphatic heterocycles. The lowest BCUT2D eigenvalue weighted by molar-refractivity contribution is 0.0956. The summed E-state index contributed by atoms with van der Waals surface area (Å²) >= 11 is 1.69. The highest BCUT2D eigenvalue weighted by atomic mass is 32.2. The zero-order valence-corrected chi connectivity index (χ0v) is 15.4. The van der Waals surface area contributed by atoms with Crippen LogP contribution in [0.3, 0.4) is 0 Å². The molecule has 0 radical (unpaired) electrons. The van der Waals surface area contributed by atoms with Crippen molar-refractivity contribution in [3.05, 3.63) is 65.2 Å². The van der Waals surface area contributed by atoms with E-state index in [9.17, 15) is 13.2 Å². The highest BCUT2D eigenvalue weighted by Gasteiger charge is 2.07. The summed E-state index contributed by atoms with van der Waals surface area (Å²) in [6.07, 6.45) is 1.19. The molecule has 0 bridgehead atoms. The first-order chi connectivity index (χ1) is 11.3. The maximum atomic E-state index is 12.1. The minimum Gasteiger partial charge on any atom is -0.351 e. The van der Waals surface area contributed by atoms with E-state index in [0.717, 1.165) is 5.75 Å². The second kappa shape index (κ2) is 8.35. The molecule has 0 spiro atoms. The van der Waals surface area contributed by atoms with E-state index >= 15 is 0 Å². The Morgan fingerprint density at radius 2 is 1.67 bits per heavy atom. The van der Waals surface area contributed by atoms with Crippen LogP contribution >= 0.6 is 11.8 Å². The van der Waals surface area contributed by atoms with E-state index in [4.69, 9.17) is 0 Å². The van der Waals surface area contributed by atoms with Gasteiger partial charge in [-0.3, -0.25) is 4.79 Å². The summed E-state index contributed by atoms with van der Waals surface area (Å²) in [4.78, 5) is 13.2. The Balaban J connectivity index is 1.79. The van der Waals surface area contributed by atoms with Crippen LogP contribution in [0.2, 0.25) is 0 Å². The molecule has 2 aromatic rings. The van der Waals surface area contributed by atoms with Gasteiger partial charge in [0.25, 0.3) is 5.91 Å². The lowest BCUT2D eigenvalue weighted by Gasteiger charge is -2.06. The fraction of sp³-hybridized carbons (Fsp3) is 0.278. The molecule has 2 rings (SSSR count). The minimum atomic E-state index is -3.06. The summed E-state index contributed by atoms with van der Waals surface area (Å²) in [7, 11) is -3.06. The second-order valence-electron chi connectivity index (χ2n) is 5.68. The quantitative estimate of drug-likeness (QED) is 0.607. The largest absolute Gasteiger partial charge is 0.351 e. The van der Waals surface area contributed by atoms with Crippen molar-refractivity contribution in [2.75, 3.05) is 18.6 Å². The average molecular weight is 364 g/mol. The summed E-state index contributed by atoms with van der Waals surface area (Å²) in [5, 5.41) is 2.87. The van der Waals surface area contributed by atoms with E-state index in [1.165, 1.54) is 16.7 Å². The number of nitrogens with one attached hydrogen (secondary N) is 1. The van der Waals surface area contributed by atoms with Gasteiger partial charge in [0.1, 0.15) is 0 Å². The number of carbonyl (C=O) groups excluding carboxylic acids is 1. The van der Waals surface area contributed by atoms with E-state index in [-0.39, 0.29) is 11.7 Å². The second-order valence-corrected chi connectivity index (χ2v) is 8.99. The highest BCUT2D eigenvalue weighted by Crippen LogP contribution is 2.17. The van der Waals surface area contributed by atoms with Crippen molar-refractivity contribution >= 4 is 27.5 Å². The highest BCUT2D eigenvalue weighted by molar-refractivity contribution is 7.99. The van der Waals surface area contributed by atoms with Crippen molar-refractivity contribution in [2.24, 2.45) is 0 Å². The van der Waals surface area contributed by atoms with E-state index in [1.54, 1.807) is 36.0 Å². The minimum absolute atomic E-state index is 0.0118. The molecule has 0 aliphatic carbocycles. The molecule has 2 aromatic carbocycles. The first-order valence-electron chi connectivity index (χ1n) is 7.58.